The van der Waals surface area contributed by atoms with E-state index in [4.69, 9.17) is 0 Å². The minimum absolute atomic E-state index is 0.145. The zero-order valence-electron chi connectivity index (χ0n) is 17.2. The number of para-hydroxylation sites is 1. The smallest absolute Gasteiger partial charge is 0.261 e. The molecule has 6 heteroatoms. The Morgan fingerprint density at radius 3 is 2.40 bits per heavy atom. The Bertz CT molecular complexity index is 1120. The van der Waals surface area contributed by atoms with E-state index < -0.39 is 10.0 Å². The molecule has 0 aliphatic heterocycles. The van der Waals surface area contributed by atoms with Crippen molar-refractivity contribution >= 4 is 27.3 Å². The maximum atomic E-state index is 12.9. The van der Waals surface area contributed by atoms with Crippen molar-refractivity contribution in [3.05, 3.63) is 89.5 Å². The number of benzene rings is 3. The Labute approximate surface area is 178 Å². The van der Waals surface area contributed by atoms with Gasteiger partial charge in [-0.15, -0.1) is 0 Å². The maximum Gasteiger partial charge on any atom is 0.261 e. The highest BCUT2D eigenvalue weighted by Gasteiger charge is 2.18. The fourth-order valence-electron chi connectivity index (χ4n) is 3.08. The highest BCUT2D eigenvalue weighted by Crippen LogP contribution is 2.22. The topological polar surface area (TPSA) is 75.3 Å². The van der Waals surface area contributed by atoms with Crippen LogP contribution in [0.2, 0.25) is 0 Å². The molecule has 0 radical (unpaired) electrons. The van der Waals surface area contributed by atoms with Crippen LogP contribution in [0.25, 0.3) is 0 Å². The number of nitrogens with one attached hydrogen (secondary N) is 2. The van der Waals surface area contributed by atoms with Crippen molar-refractivity contribution in [3.63, 3.8) is 0 Å². The van der Waals surface area contributed by atoms with Gasteiger partial charge in [-0.3, -0.25) is 9.52 Å². The summed E-state index contributed by atoms with van der Waals surface area (Å²) in [5.41, 5.74) is 3.30. The van der Waals surface area contributed by atoms with Crippen LogP contribution in [0, 0.1) is 6.92 Å². The van der Waals surface area contributed by atoms with Crippen molar-refractivity contribution in [2.75, 3.05) is 10.0 Å². The third-order valence-corrected chi connectivity index (χ3v) is 6.13. The molecule has 0 saturated carbocycles. The third kappa shape index (κ3) is 5.48. The van der Waals surface area contributed by atoms with Gasteiger partial charge in [0.1, 0.15) is 0 Å². The number of unbranched alkanes of at least 4 members (excludes halogenated alkanes) is 1. The van der Waals surface area contributed by atoms with Gasteiger partial charge in [0.15, 0.2) is 0 Å². The number of sulfonamides is 1. The first kappa shape index (κ1) is 21.6. The molecule has 0 fully saturated rings. The Hall–Kier alpha value is -3.12. The van der Waals surface area contributed by atoms with E-state index in [0.717, 1.165) is 30.4 Å². The van der Waals surface area contributed by atoms with Crippen LogP contribution >= 0.6 is 0 Å². The van der Waals surface area contributed by atoms with Gasteiger partial charge >= 0.3 is 0 Å². The molecule has 2 N–H and O–H groups in total. The Morgan fingerprint density at radius 1 is 0.933 bits per heavy atom. The van der Waals surface area contributed by atoms with Crippen molar-refractivity contribution < 1.29 is 13.2 Å². The first-order valence-corrected chi connectivity index (χ1v) is 11.5. The first-order chi connectivity index (χ1) is 14.4. The number of aryl methyl sites for hydroxylation is 2. The van der Waals surface area contributed by atoms with E-state index in [1.54, 1.807) is 48.5 Å². The lowest BCUT2D eigenvalue weighted by Crippen LogP contribution is -2.18. The molecule has 156 valence electrons. The van der Waals surface area contributed by atoms with Gasteiger partial charge in [-0.2, -0.15) is 0 Å². The number of anilines is 2. The zero-order valence-corrected chi connectivity index (χ0v) is 18.0. The molecule has 30 heavy (non-hydrogen) atoms. The summed E-state index contributed by atoms with van der Waals surface area (Å²) in [5.74, 6) is -0.371. The van der Waals surface area contributed by atoms with Gasteiger partial charge in [0, 0.05) is 5.69 Å². The van der Waals surface area contributed by atoms with E-state index >= 15 is 0 Å². The van der Waals surface area contributed by atoms with E-state index in [1.807, 2.05) is 31.2 Å². The van der Waals surface area contributed by atoms with Crippen LogP contribution in [0.1, 0.15) is 41.3 Å². The quantitative estimate of drug-likeness (QED) is 0.511. The van der Waals surface area contributed by atoms with Crippen LogP contribution in [0.5, 0.6) is 0 Å². The number of hydrogen-bond acceptors (Lipinski definition) is 3. The summed E-state index contributed by atoms with van der Waals surface area (Å²) in [4.78, 5) is 13.0. The standard InChI is InChI=1S/C24H26N2O3S/c1-3-4-8-19-9-7-10-20(17-19)25-24(27)22-11-5-6-12-23(22)26-30(28,29)21-15-13-18(2)14-16-21/h5-7,9-17,26H,3-4,8H2,1-2H3,(H,25,27). The fourth-order valence-corrected chi connectivity index (χ4v) is 4.15. The minimum atomic E-state index is -3.81. The van der Waals surface area contributed by atoms with Crippen LogP contribution in [-0.4, -0.2) is 14.3 Å². The summed E-state index contributed by atoms with van der Waals surface area (Å²) in [6.07, 6.45) is 3.14. The molecule has 0 atom stereocenters. The fraction of sp³-hybridized carbons (Fsp3) is 0.208. The van der Waals surface area contributed by atoms with Crippen molar-refractivity contribution in [1.29, 1.82) is 0 Å². The van der Waals surface area contributed by atoms with Gasteiger partial charge in [-0.05, 0) is 61.7 Å². The second-order valence-corrected chi connectivity index (χ2v) is 8.90. The molecule has 0 spiro atoms. The summed E-state index contributed by atoms with van der Waals surface area (Å²) in [5, 5.41) is 2.87. The van der Waals surface area contributed by atoms with Crippen LogP contribution in [0.15, 0.2) is 77.7 Å². The summed E-state index contributed by atoms with van der Waals surface area (Å²) in [6, 6.07) is 20.9. The van der Waals surface area contributed by atoms with Crippen LogP contribution in [0.3, 0.4) is 0 Å². The number of rotatable bonds is 8. The lowest BCUT2D eigenvalue weighted by molar-refractivity contribution is 0.102. The summed E-state index contributed by atoms with van der Waals surface area (Å²) in [6.45, 7) is 4.03. The van der Waals surface area contributed by atoms with E-state index in [0.29, 0.717) is 5.69 Å². The molecule has 0 saturated heterocycles. The van der Waals surface area contributed by atoms with Gasteiger partial charge in [0.2, 0.25) is 0 Å². The summed E-state index contributed by atoms with van der Waals surface area (Å²) in [7, 11) is -3.81. The largest absolute Gasteiger partial charge is 0.322 e. The minimum Gasteiger partial charge on any atom is -0.322 e. The van der Waals surface area contributed by atoms with Gasteiger partial charge in [0.05, 0.1) is 16.1 Å². The van der Waals surface area contributed by atoms with E-state index in [2.05, 4.69) is 17.0 Å². The number of amides is 1. The first-order valence-electron chi connectivity index (χ1n) is 9.98. The average molecular weight is 423 g/mol. The molecule has 5 nitrogen and oxygen atoms in total. The molecule has 0 aromatic heterocycles. The predicted molar refractivity (Wildman–Crippen MR) is 121 cm³/mol. The molecule has 3 aromatic carbocycles. The van der Waals surface area contributed by atoms with E-state index in [9.17, 15) is 13.2 Å². The highest BCUT2D eigenvalue weighted by molar-refractivity contribution is 7.92. The molecule has 0 unspecified atom stereocenters. The van der Waals surface area contributed by atoms with Crippen LogP contribution in [-0.2, 0) is 16.4 Å². The van der Waals surface area contributed by atoms with Crippen LogP contribution < -0.4 is 10.0 Å². The third-order valence-electron chi connectivity index (χ3n) is 4.75. The Morgan fingerprint density at radius 2 is 1.67 bits per heavy atom. The number of carbonyl (C=O) groups is 1. The van der Waals surface area contributed by atoms with Gasteiger partial charge in [-0.1, -0.05) is 55.3 Å². The summed E-state index contributed by atoms with van der Waals surface area (Å²) >= 11 is 0. The number of carbonyl (C=O) groups excluding carboxylic acids is 1. The van der Waals surface area contributed by atoms with Gasteiger partial charge < -0.3 is 5.32 Å². The van der Waals surface area contributed by atoms with E-state index in [-0.39, 0.29) is 22.1 Å². The SMILES string of the molecule is CCCCc1cccc(NC(=O)c2ccccc2NS(=O)(=O)c2ccc(C)cc2)c1. The highest BCUT2D eigenvalue weighted by atomic mass is 32.2. The molecule has 1 amide bonds. The molecular formula is C24H26N2O3S. The second kappa shape index (κ2) is 9.59. The van der Waals surface area contributed by atoms with E-state index in [1.165, 1.54) is 0 Å². The molecule has 0 aliphatic rings. The molecule has 0 heterocycles. The molecular weight excluding hydrogens is 396 g/mol. The van der Waals surface area contributed by atoms with Crippen LogP contribution in [0.4, 0.5) is 11.4 Å². The van der Waals surface area contributed by atoms with Crippen molar-refractivity contribution in [2.24, 2.45) is 0 Å². The Balaban J connectivity index is 1.81. The average Bonchev–Trinajstić information content (AvgIpc) is 2.73. The second-order valence-electron chi connectivity index (χ2n) is 7.22. The molecule has 3 rings (SSSR count). The molecule has 0 bridgehead atoms. The normalized spacial score (nSPS) is 11.1. The van der Waals surface area contributed by atoms with Gasteiger partial charge in [-0.25, -0.2) is 8.42 Å². The summed E-state index contributed by atoms with van der Waals surface area (Å²) < 4.78 is 28.0. The lowest BCUT2D eigenvalue weighted by Gasteiger charge is -2.13. The van der Waals surface area contributed by atoms with Crippen molar-refractivity contribution in [2.45, 2.75) is 38.0 Å². The van der Waals surface area contributed by atoms with Crippen molar-refractivity contribution in [3.8, 4) is 0 Å². The molecule has 0 aliphatic carbocycles. The molecule has 3 aromatic rings. The maximum absolute atomic E-state index is 12.9. The Kier molecular flexibility index (Phi) is 6.90. The van der Waals surface area contributed by atoms with Crippen molar-refractivity contribution in [1.82, 2.24) is 0 Å². The van der Waals surface area contributed by atoms with Gasteiger partial charge in [0.25, 0.3) is 15.9 Å². The monoisotopic (exact) mass is 422 g/mol. The predicted octanol–water partition coefficient (Wildman–Crippen LogP) is 5.39. The zero-order chi connectivity index (χ0) is 21.6. The lowest BCUT2D eigenvalue weighted by atomic mass is 10.1. The number of hydrogen-bond donors (Lipinski definition) is 2.